The Morgan fingerprint density at radius 2 is 1.38 bits per heavy atom. The average Bonchev–Trinajstić information content (AvgIpc) is 3.64. The lowest BCUT2D eigenvalue weighted by atomic mass is 9.99. The van der Waals surface area contributed by atoms with Crippen molar-refractivity contribution >= 4 is 21.8 Å². The fourth-order valence-electron chi connectivity index (χ4n) is 6.76. The quantitative estimate of drug-likeness (QED) is 0.204. The maximum absolute atomic E-state index is 6.52. The van der Waals surface area contributed by atoms with Crippen LogP contribution in [0.15, 0.2) is 152 Å². The van der Waals surface area contributed by atoms with Crippen molar-refractivity contribution in [3.05, 3.63) is 163 Å². The Bertz CT molecular complexity index is 2380. The minimum atomic E-state index is 0.763. The molecule has 0 saturated carbocycles. The van der Waals surface area contributed by atoms with E-state index in [9.17, 15) is 0 Å². The van der Waals surface area contributed by atoms with Crippen LogP contribution in [-0.4, -0.2) is 14.5 Å². The van der Waals surface area contributed by atoms with Crippen molar-refractivity contribution in [3.63, 3.8) is 0 Å². The standard InChI is InChI=1S/C41H27N3O/c1-2-9-27(10-3-1)28-20-22-43-39(25-28)44-37-19-16-31-23-29-11-4-5-14-34(29)40(31)41(37)35-18-17-33(26-38(35)44)45-32-13-8-12-30(24-32)36-15-6-7-21-42-36/h1-22,24-26H,23H2. The minimum Gasteiger partial charge on any atom is -0.457 e. The van der Waals surface area contributed by atoms with Crippen LogP contribution in [0, 0.1) is 0 Å². The topological polar surface area (TPSA) is 39.9 Å². The molecule has 0 spiro atoms. The van der Waals surface area contributed by atoms with Crippen LogP contribution in [0.5, 0.6) is 11.5 Å². The lowest BCUT2D eigenvalue weighted by Gasteiger charge is -2.11. The van der Waals surface area contributed by atoms with Crippen LogP contribution >= 0.6 is 0 Å². The molecule has 3 aromatic heterocycles. The van der Waals surface area contributed by atoms with Crippen LogP contribution in [0.1, 0.15) is 11.1 Å². The second-order valence-electron chi connectivity index (χ2n) is 11.5. The molecule has 1 aliphatic carbocycles. The number of pyridine rings is 2. The number of rotatable bonds is 5. The SMILES string of the molecule is c1ccc(-c2ccnc(-n3c4cc(Oc5cccc(-c6ccccn6)c5)ccc4c4c5c(ccc43)Cc3ccccc3-5)c2)cc1. The van der Waals surface area contributed by atoms with E-state index in [1.807, 2.05) is 54.9 Å². The average molecular weight is 578 g/mol. The molecule has 4 nitrogen and oxygen atoms in total. The molecule has 0 radical (unpaired) electrons. The van der Waals surface area contributed by atoms with Gasteiger partial charge in [-0.15, -0.1) is 0 Å². The summed E-state index contributed by atoms with van der Waals surface area (Å²) in [5.41, 5.74) is 11.8. The molecule has 45 heavy (non-hydrogen) atoms. The van der Waals surface area contributed by atoms with Crippen molar-refractivity contribution < 1.29 is 4.74 Å². The van der Waals surface area contributed by atoms with Gasteiger partial charge >= 0.3 is 0 Å². The van der Waals surface area contributed by atoms with Crippen molar-refractivity contribution in [2.24, 2.45) is 0 Å². The summed E-state index contributed by atoms with van der Waals surface area (Å²) >= 11 is 0. The van der Waals surface area contributed by atoms with Crippen LogP contribution < -0.4 is 4.74 Å². The molecular weight excluding hydrogens is 550 g/mol. The normalized spacial score (nSPS) is 11.9. The number of nitrogens with zero attached hydrogens (tertiary/aromatic N) is 3. The number of ether oxygens (including phenoxy) is 1. The van der Waals surface area contributed by atoms with Gasteiger partial charge in [0, 0.05) is 34.8 Å². The van der Waals surface area contributed by atoms with E-state index in [4.69, 9.17) is 9.72 Å². The highest BCUT2D eigenvalue weighted by atomic mass is 16.5. The Labute approximate surface area is 260 Å². The van der Waals surface area contributed by atoms with E-state index in [0.717, 1.165) is 57.2 Å². The summed E-state index contributed by atoms with van der Waals surface area (Å²) in [6.07, 6.45) is 4.66. The fourth-order valence-corrected chi connectivity index (χ4v) is 6.76. The Hall–Kier alpha value is -6.00. The van der Waals surface area contributed by atoms with Gasteiger partial charge in [-0.1, -0.05) is 78.9 Å². The summed E-state index contributed by atoms with van der Waals surface area (Å²) in [4.78, 5) is 9.43. The summed E-state index contributed by atoms with van der Waals surface area (Å²) < 4.78 is 8.80. The van der Waals surface area contributed by atoms with E-state index in [-0.39, 0.29) is 0 Å². The molecule has 0 saturated heterocycles. The molecule has 0 amide bonds. The first-order valence-corrected chi connectivity index (χ1v) is 15.2. The Morgan fingerprint density at radius 1 is 0.533 bits per heavy atom. The van der Waals surface area contributed by atoms with Gasteiger partial charge in [-0.25, -0.2) is 4.98 Å². The molecule has 8 aromatic rings. The van der Waals surface area contributed by atoms with Crippen molar-refractivity contribution in [2.45, 2.75) is 6.42 Å². The van der Waals surface area contributed by atoms with Crippen molar-refractivity contribution in [1.29, 1.82) is 0 Å². The molecule has 212 valence electrons. The van der Waals surface area contributed by atoms with Gasteiger partial charge in [0.05, 0.1) is 16.7 Å². The first-order chi connectivity index (χ1) is 22.3. The van der Waals surface area contributed by atoms with E-state index in [0.29, 0.717) is 0 Å². The first kappa shape index (κ1) is 25.5. The van der Waals surface area contributed by atoms with Crippen LogP contribution in [0.2, 0.25) is 0 Å². The number of aromatic nitrogens is 3. The maximum Gasteiger partial charge on any atom is 0.138 e. The van der Waals surface area contributed by atoms with E-state index < -0.39 is 0 Å². The zero-order chi connectivity index (χ0) is 29.7. The summed E-state index contributed by atoms with van der Waals surface area (Å²) in [5, 5.41) is 2.43. The highest BCUT2D eigenvalue weighted by Crippen LogP contribution is 2.46. The number of hydrogen-bond acceptors (Lipinski definition) is 3. The van der Waals surface area contributed by atoms with Gasteiger partial charge in [0.25, 0.3) is 0 Å². The van der Waals surface area contributed by atoms with Gasteiger partial charge in [-0.2, -0.15) is 0 Å². The Kier molecular flexibility index (Phi) is 5.85. The highest BCUT2D eigenvalue weighted by Gasteiger charge is 2.25. The molecular formula is C41H27N3O. The third-order valence-corrected chi connectivity index (χ3v) is 8.77. The Morgan fingerprint density at radius 3 is 2.29 bits per heavy atom. The highest BCUT2D eigenvalue weighted by molar-refractivity contribution is 6.17. The number of benzene rings is 5. The molecule has 9 rings (SSSR count). The van der Waals surface area contributed by atoms with Crippen LogP contribution in [0.4, 0.5) is 0 Å². The molecule has 0 N–H and O–H groups in total. The van der Waals surface area contributed by atoms with Gasteiger partial charge in [-0.05, 0) is 94.4 Å². The van der Waals surface area contributed by atoms with E-state index in [2.05, 4.69) is 107 Å². The lowest BCUT2D eigenvalue weighted by Crippen LogP contribution is -1.98. The first-order valence-electron chi connectivity index (χ1n) is 15.2. The molecule has 5 aromatic carbocycles. The second kappa shape index (κ2) is 10.3. The number of fused-ring (bicyclic) bond motifs is 7. The molecule has 4 heteroatoms. The molecule has 1 aliphatic rings. The molecule has 0 atom stereocenters. The molecule has 0 unspecified atom stereocenters. The van der Waals surface area contributed by atoms with Crippen LogP contribution in [0.3, 0.4) is 0 Å². The smallest absolute Gasteiger partial charge is 0.138 e. The molecule has 0 bridgehead atoms. The fraction of sp³-hybridized carbons (Fsp3) is 0.0244. The Balaban J connectivity index is 1.25. The van der Waals surface area contributed by atoms with Crippen molar-refractivity contribution in [3.8, 4) is 50.8 Å². The summed E-state index contributed by atoms with van der Waals surface area (Å²) in [5.74, 6) is 2.40. The van der Waals surface area contributed by atoms with Crippen molar-refractivity contribution in [1.82, 2.24) is 14.5 Å². The second-order valence-corrected chi connectivity index (χ2v) is 11.5. The lowest BCUT2D eigenvalue weighted by molar-refractivity contribution is 0.483. The summed E-state index contributed by atoms with van der Waals surface area (Å²) in [6.45, 7) is 0. The molecule has 0 fully saturated rings. The van der Waals surface area contributed by atoms with Gasteiger partial charge in [0.1, 0.15) is 17.3 Å². The monoisotopic (exact) mass is 577 g/mol. The minimum absolute atomic E-state index is 0.763. The third-order valence-electron chi connectivity index (χ3n) is 8.77. The van der Waals surface area contributed by atoms with Gasteiger partial charge in [0.2, 0.25) is 0 Å². The van der Waals surface area contributed by atoms with E-state index in [1.165, 1.54) is 33.0 Å². The maximum atomic E-state index is 6.52. The van der Waals surface area contributed by atoms with Crippen LogP contribution in [0.25, 0.3) is 61.1 Å². The third kappa shape index (κ3) is 4.30. The molecule has 0 aliphatic heterocycles. The predicted molar refractivity (Wildman–Crippen MR) is 182 cm³/mol. The largest absolute Gasteiger partial charge is 0.457 e. The number of hydrogen-bond donors (Lipinski definition) is 0. The zero-order valence-electron chi connectivity index (χ0n) is 24.4. The van der Waals surface area contributed by atoms with Gasteiger partial charge in [0.15, 0.2) is 0 Å². The molecule has 3 heterocycles. The zero-order valence-corrected chi connectivity index (χ0v) is 24.4. The van der Waals surface area contributed by atoms with Crippen LogP contribution in [-0.2, 0) is 6.42 Å². The summed E-state index contributed by atoms with van der Waals surface area (Å²) in [6, 6.07) is 48.5. The summed E-state index contributed by atoms with van der Waals surface area (Å²) in [7, 11) is 0. The van der Waals surface area contributed by atoms with E-state index >= 15 is 0 Å². The van der Waals surface area contributed by atoms with E-state index in [1.54, 1.807) is 0 Å². The van der Waals surface area contributed by atoms with Crippen molar-refractivity contribution in [2.75, 3.05) is 0 Å². The predicted octanol–water partition coefficient (Wildman–Crippen LogP) is 10.3. The van der Waals surface area contributed by atoms with Gasteiger partial charge < -0.3 is 4.74 Å². The van der Waals surface area contributed by atoms with Gasteiger partial charge in [-0.3, -0.25) is 9.55 Å².